The molecule has 0 fully saturated rings. The van der Waals surface area contributed by atoms with Gasteiger partial charge in [-0.3, -0.25) is 0 Å². The summed E-state index contributed by atoms with van der Waals surface area (Å²) < 4.78 is 0. The number of aliphatic hydroxyl groups excluding tert-OH is 1. The monoisotopic (exact) mass is 114 g/mol. The molecule has 0 bridgehead atoms. The molecule has 0 unspecified atom stereocenters. The summed E-state index contributed by atoms with van der Waals surface area (Å²) in [4.78, 5) is 0. The Labute approximate surface area is 51.0 Å². The zero-order valence-electron chi connectivity index (χ0n) is 5.65. The van der Waals surface area contributed by atoms with Crippen LogP contribution in [-0.2, 0) is 0 Å². The maximum absolute atomic E-state index is 8.85. The second-order valence-corrected chi connectivity index (χ2v) is 1.84. The summed E-state index contributed by atoms with van der Waals surface area (Å²) in [7, 11) is 0. The topological polar surface area (TPSA) is 20.2 Å². The Balaban J connectivity index is 3.26. The minimum absolute atomic E-state index is 0.520. The first-order valence-electron chi connectivity index (χ1n) is 3.19. The van der Waals surface area contributed by atoms with E-state index in [0.717, 1.165) is 19.3 Å². The fraction of sp³-hybridized carbons (Fsp3) is 0.714. The van der Waals surface area contributed by atoms with Crippen LogP contribution in [0.25, 0.3) is 0 Å². The molecule has 0 aromatic carbocycles. The largest absolute Gasteiger partial charge is 0.513 e. The van der Waals surface area contributed by atoms with Crippen molar-refractivity contribution >= 4 is 0 Å². The van der Waals surface area contributed by atoms with Gasteiger partial charge in [-0.25, -0.2) is 0 Å². The van der Waals surface area contributed by atoms with Crippen molar-refractivity contribution in [2.75, 3.05) is 0 Å². The molecular weight excluding hydrogens is 100 g/mol. The van der Waals surface area contributed by atoms with E-state index in [9.17, 15) is 0 Å². The van der Waals surface area contributed by atoms with Gasteiger partial charge >= 0.3 is 0 Å². The van der Waals surface area contributed by atoms with Crippen LogP contribution >= 0.6 is 0 Å². The molecular formula is C7H14O. The fourth-order valence-electron chi connectivity index (χ4n) is 0.455. The van der Waals surface area contributed by atoms with E-state index in [1.165, 1.54) is 0 Å². The highest BCUT2D eigenvalue weighted by Crippen LogP contribution is 1.97. The first-order valence-corrected chi connectivity index (χ1v) is 3.19. The Kier molecular flexibility index (Phi) is 4.42. The molecule has 0 radical (unpaired) electrons. The van der Waals surface area contributed by atoms with E-state index >= 15 is 0 Å². The lowest BCUT2D eigenvalue weighted by molar-refractivity contribution is 0.391. The van der Waals surface area contributed by atoms with Gasteiger partial charge in [0.2, 0.25) is 0 Å². The lowest BCUT2D eigenvalue weighted by Crippen LogP contribution is -1.75. The van der Waals surface area contributed by atoms with Crippen LogP contribution in [-0.4, -0.2) is 5.11 Å². The Morgan fingerprint density at radius 3 is 2.50 bits per heavy atom. The number of hydrogen-bond donors (Lipinski definition) is 1. The molecule has 0 aliphatic heterocycles. The molecule has 1 nitrogen and oxygen atoms in total. The predicted molar refractivity (Wildman–Crippen MR) is 35.9 cm³/mol. The van der Waals surface area contributed by atoms with Crippen LogP contribution in [0.1, 0.15) is 33.1 Å². The summed E-state index contributed by atoms with van der Waals surface area (Å²) in [5.41, 5.74) is 0. The van der Waals surface area contributed by atoms with Crippen LogP contribution in [0.5, 0.6) is 0 Å². The van der Waals surface area contributed by atoms with Crippen LogP contribution in [0.2, 0.25) is 0 Å². The molecule has 48 valence electrons. The molecule has 1 N–H and O–H groups in total. The Morgan fingerprint density at radius 1 is 1.50 bits per heavy atom. The van der Waals surface area contributed by atoms with Gasteiger partial charge in [0, 0.05) is 6.42 Å². The summed E-state index contributed by atoms with van der Waals surface area (Å²) in [5.74, 6) is 0.520. The molecule has 0 saturated heterocycles. The molecule has 0 atom stereocenters. The maximum atomic E-state index is 8.85. The van der Waals surface area contributed by atoms with E-state index in [1.54, 1.807) is 0 Å². The van der Waals surface area contributed by atoms with Gasteiger partial charge in [0.15, 0.2) is 0 Å². The predicted octanol–water partition coefficient (Wildman–Crippen LogP) is 2.64. The SMILES string of the molecule is CCC/C=C(/O)CC. The summed E-state index contributed by atoms with van der Waals surface area (Å²) in [5, 5.41) is 8.85. The maximum Gasteiger partial charge on any atom is 0.0880 e. The van der Waals surface area contributed by atoms with Crippen molar-refractivity contribution < 1.29 is 5.11 Å². The Morgan fingerprint density at radius 2 is 2.12 bits per heavy atom. The quantitative estimate of drug-likeness (QED) is 0.559. The number of unbranched alkanes of at least 4 members (excludes halogenated alkanes) is 1. The summed E-state index contributed by atoms with van der Waals surface area (Å²) in [6, 6.07) is 0. The third-order valence-electron chi connectivity index (χ3n) is 1.03. The van der Waals surface area contributed by atoms with Gasteiger partial charge in [-0.1, -0.05) is 20.3 Å². The van der Waals surface area contributed by atoms with Crippen molar-refractivity contribution in [3.05, 3.63) is 11.8 Å². The highest BCUT2D eigenvalue weighted by molar-refractivity contribution is 4.88. The van der Waals surface area contributed by atoms with E-state index in [4.69, 9.17) is 5.11 Å². The van der Waals surface area contributed by atoms with Gasteiger partial charge in [0.1, 0.15) is 0 Å². The van der Waals surface area contributed by atoms with Crippen LogP contribution in [0.4, 0.5) is 0 Å². The molecule has 0 aliphatic carbocycles. The lowest BCUT2D eigenvalue weighted by atomic mass is 10.3. The Bertz CT molecular complexity index is 74.5. The van der Waals surface area contributed by atoms with Crippen LogP contribution < -0.4 is 0 Å². The highest BCUT2D eigenvalue weighted by Gasteiger charge is 1.82. The molecule has 0 spiro atoms. The van der Waals surface area contributed by atoms with Crippen molar-refractivity contribution in [2.45, 2.75) is 33.1 Å². The molecule has 0 amide bonds. The number of aliphatic hydroxyl groups is 1. The summed E-state index contributed by atoms with van der Waals surface area (Å²) in [6.45, 7) is 4.04. The first kappa shape index (κ1) is 7.54. The van der Waals surface area contributed by atoms with E-state index in [1.807, 2.05) is 13.0 Å². The average Bonchev–Trinajstić information content (AvgIpc) is 1.83. The molecule has 8 heavy (non-hydrogen) atoms. The second kappa shape index (κ2) is 4.69. The summed E-state index contributed by atoms with van der Waals surface area (Å²) in [6.07, 6.45) is 4.75. The molecule has 0 rings (SSSR count). The number of allylic oxidation sites excluding steroid dienone is 2. The average molecular weight is 114 g/mol. The molecule has 0 aromatic heterocycles. The van der Waals surface area contributed by atoms with E-state index in [0.29, 0.717) is 5.76 Å². The van der Waals surface area contributed by atoms with Gasteiger partial charge in [-0.05, 0) is 12.5 Å². The van der Waals surface area contributed by atoms with Crippen LogP contribution in [0.3, 0.4) is 0 Å². The standard InChI is InChI=1S/C7H14O/c1-3-5-6-7(8)4-2/h6,8H,3-5H2,1-2H3/b7-6+. The van der Waals surface area contributed by atoms with E-state index in [-0.39, 0.29) is 0 Å². The van der Waals surface area contributed by atoms with Crippen molar-refractivity contribution in [1.29, 1.82) is 0 Å². The minimum Gasteiger partial charge on any atom is -0.513 e. The highest BCUT2D eigenvalue weighted by atomic mass is 16.3. The van der Waals surface area contributed by atoms with Gasteiger partial charge in [0.25, 0.3) is 0 Å². The first-order chi connectivity index (χ1) is 3.81. The molecule has 1 heteroatoms. The van der Waals surface area contributed by atoms with E-state index < -0.39 is 0 Å². The van der Waals surface area contributed by atoms with E-state index in [2.05, 4.69) is 6.92 Å². The van der Waals surface area contributed by atoms with Crippen LogP contribution in [0.15, 0.2) is 11.8 Å². The van der Waals surface area contributed by atoms with Crippen LogP contribution in [0, 0.1) is 0 Å². The molecule has 0 saturated carbocycles. The normalized spacial score (nSPS) is 12.0. The van der Waals surface area contributed by atoms with Gasteiger partial charge in [0.05, 0.1) is 5.76 Å². The Hall–Kier alpha value is -0.460. The molecule has 0 aliphatic rings. The molecule has 0 heterocycles. The zero-order chi connectivity index (χ0) is 6.41. The van der Waals surface area contributed by atoms with Gasteiger partial charge in [-0.15, -0.1) is 0 Å². The third-order valence-corrected chi connectivity index (χ3v) is 1.03. The number of rotatable bonds is 3. The van der Waals surface area contributed by atoms with Gasteiger partial charge < -0.3 is 5.11 Å². The smallest absolute Gasteiger partial charge is 0.0880 e. The van der Waals surface area contributed by atoms with Crippen molar-refractivity contribution in [1.82, 2.24) is 0 Å². The third kappa shape index (κ3) is 3.72. The van der Waals surface area contributed by atoms with Crippen molar-refractivity contribution in [3.63, 3.8) is 0 Å². The zero-order valence-corrected chi connectivity index (χ0v) is 5.65. The minimum atomic E-state index is 0.520. The molecule has 0 aromatic rings. The lowest BCUT2D eigenvalue weighted by Gasteiger charge is -1.90. The van der Waals surface area contributed by atoms with Gasteiger partial charge in [-0.2, -0.15) is 0 Å². The van der Waals surface area contributed by atoms with Crippen molar-refractivity contribution in [3.8, 4) is 0 Å². The fourth-order valence-corrected chi connectivity index (χ4v) is 0.455. The second-order valence-electron chi connectivity index (χ2n) is 1.84. The summed E-state index contributed by atoms with van der Waals surface area (Å²) >= 11 is 0. The number of hydrogen-bond acceptors (Lipinski definition) is 1. The van der Waals surface area contributed by atoms with Crippen molar-refractivity contribution in [2.24, 2.45) is 0 Å².